The van der Waals surface area contributed by atoms with E-state index >= 15 is 0 Å². The van der Waals surface area contributed by atoms with Gasteiger partial charge in [0, 0.05) is 30.2 Å². The fourth-order valence-electron chi connectivity index (χ4n) is 3.01. The fraction of sp³-hybridized carbons (Fsp3) is 0.667. The molecule has 0 aromatic carbocycles. The molecule has 0 amide bonds. The molecule has 110 valence electrons. The third-order valence-electron chi connectivity index (χ3n) is 4.09. The second-order valence-corrected chi connectivity index (χ2v) is 7.14. The summed E-state index contributed by atoms with van der Waals surface area (Å²) in [5.41, 5.74) is 2.45. The Balaban J connectivity index is 1.62. The molecule has 0 radical (unpaired) electrons. The van der Waals surface area contributed by atoms with Gasteiger partial charge in [0.1, 0.15) is 0 Å². The van der Waals surface area contributed by atoms with Gasteiger partial charge >= 0.3 is 0 Å². The number of likely N-dealkylation sites (tertiary alicyclic amines) is 1. The van der Waals surface area contributed by atoms with Crippen molar-refractivity contribution >= 4 is 16.3 Å². The van der Waals surface area contributed by atoms with Gasteiger partial charge in [-0.2, -0.15) is 0 Å². The molecule has 0 aliphatic carbocycles. The predicted octanol–water partition coefficient (Wildman–Crippen LogP) is 2.59. The minimum atomic E-state index is 0.526. The van der Waals surface area contributed by atoms with Crippen molar-refractivity contribution in [1.29, 1.82) is 0 Å². The molecule has 0 saturated carbocycles. The van der Waals surface area contributed by atoms with Crippen LogP contribution in [0, 0.1) is 13.8 Å². The molecule has 0 spiro atoms. The Hall–Kier alpha value is -0.910. The zero-order chi connectivity index (χ0) is 14.1. The molecule has 1 aliphatic heterocycles. The molecule has 1 atom stereocenters. The maximum atomic E-state index is 4.65. The van der Waals surface area contributed by atoms with E-state index in [2.05, 4.69) is 46.6 Å². The molecule has 4 nitrogen and oxygen atoms in total. The number of rotatable bonds is 5. The normalized spacial score (nSPS) is 18.1. The van der Waals surface area contributed by atoms with Crippen molar-refractivity contribution in [3.8, 4) is 0 Å². The number of thiazole rings is 1. The molecule has 1 saturated heterocycles. The maximum Gasteiger partial charge on any atom is 0.194 e. The first-order valence-corrected chi connectivity index (χ1v) is 8.35. The minimum absolute atomic E-state index is 0.526. The average Bonchev–Trinajstić information content (AvgIpc) is 3.05. The van der Waals surface area contributed by atoms with Gasteiger partial charge in [-0.25, -0.2) is 4.98 Å². The highest BCUT2D eigenvalue weighted by atomic mass is 32.1. The smallest absolute Gasteiger partial charge is 0.194 e. The largest absolute Gasteiger partial charge is 0.307 e. The molecule has 1 unspecified atom stereocenters. The van der Waals surface area contributed by atoms with Gasteiger partial charge in [0.15, 0.2) is 4.96 Å². The zero-order valence-electron chi connectivity index (χ0n) is 12.6. The molecule has 3 heterocycles. The van der Waals surface area contributed by atoms with E-state index in [-0.39, 0.29) is 0 Å². The van der Waals surface area contributed by atoms with Gasteiger partial charge in [0.25, 0.3) is 0 Å². The standard InChI is InChI=1S/C15H24N4S/c1-11(9-18-6-4-5-7-18)16-8-14-13(3)17-15-19(14)10-12(2)20-15/h10-11,16H,4-9H2,1-3H3. The number of aryl methyl sites for hydroxylation is 2. The van der Waals surface area contributed by atoms with Crippen LogP contribution in [0.3, 0.4) is 0 Å². The number of hydrogen-bond donors (Lipinski definition) is 1. The van der Waals surface area contributed by atoms with Crippen molar-refractivity contribution in [1.82, 2.24) is 19.6 Å². The Bertz CT molecular complexity index is 580. The van der Waals surface area contributed by atoms with Gasteiger partial charge in [-0.3, -0.25) is 4.40 Å². The quantitative estimate of drug-likeness (QED) is 0.919. The molecule has 5 heteroatoms. The lowest BCUT2D eigenvalue weighted by Crippen LogP contribution is -2.37. The van der Waals surface area contributed by atoms with Crippen LogP contribution in [0.4, 0.5) is 0 Å². The van der Waals surface area contributed by atoms with Crippen molar-refractivity contribution in [3.63, 3.8) is 0 Å². The van der Waals surface area contributed by atoms with Crippen LogP contribution < -0.4 is 5.32 Å². The molecule has 0 bridgehead atoms. The van der Waals surface area contributed by atoms with Crippen molar-refractivity contribution in [2.24, 2.45) is 0 Å². The lowest BCUT2D eigenvalue weighted by atomic mass is 10.2. The van der Waals surface area contributed by atoms with Crippen LogP contribution in [-0.2, 0) is 6.54 Å². The molecule has 3 rings (SSSR count). The molecule has 1 N–H and O–H groups in total. The van der Waals surface area contributed by atoms with Crippen molar-refractivity contribution in [2.75, 3.05) is 19.6 Å². The van der Waals surface area contributed by atoms with E-state index in [0.29, 0.717) is 6.04 Å². The fourth-order valence-corrected chi connectivity index (χ4v) is 3.90. The summed E-state index contributed by atoms with van der Waals surface area (Å²) in [5, 5.41) is 3.66. The van der Waals surface area contributed by atoms with Crippen LogP contribution in [0.15, 0.2) is 6.20 Å². The molecule has 1 fully saturated rings. The van der Waals surface area contributed by atoms with Gasteiger partial charge in [-0.1, -0.05) is 0 Å². The van der Waals surface area contributed by atoms with Crippen LogP contribution in [0.5, 0.6) is 0 Å². The van der Waals surface area contributed by atoms with Crippen LogP contribution in [0.2, 0.25) is 0 Å². The first-order chi connectivity index (χ1) is 9.63. The predicted molar refractivity (Wildman–Crippen MR) is 84.5 cm³/mol. The molecule has 1 aliphatic rings. The van der Waals surface area contributed by atoms with Crippen molar-refractivity contribution < 1.29 is 0 Å². The Morgan fingerprint density at radius 3 is 2.85 bits per heavy atom. The summed E-state index contributed by atoms with van der Waals surface area (Å²) in [7, 11) is 0. The second-order valence-electron chi connectivity index (χ2n) is 5.93. The van der Waals surface area contributed by atoms with Crippen LogP contribution >= 0.6 is 11.3 Å². The van der Waals surface area contributed by atoms with Gasteiger partial charge in [-0.05, 0) is 46.7 Å². The molecule has 20 heavy (non-hydrogen) atoms. The number of imidazole rings is 1. The van der Waals surface area contributed by atoms with E-state index in [9.17, 15) is 0 Å². The molecular formula is C15H24N4S. The monoisotopic (exact) mass is 292 g/mol. The van der Waals surface area contributed by atoms with Crippen molar-refractivity contribution in [3.05, 3.63) is 22.5 Å². The van der Waals surface area contributed by atoms with Gasteiger partial charge in [0.05, 0.1) is 11.4 Å². The summed E-state index contributed by atoms with van der Waals surface area (Å²) in [4.78, 5) is 9.64. The first kappa shape index (κ1) is 14.0. The Morgan fingerprint density at radius 1 is 1.35 bits per heavy atom. The zero-order valence-corrected chi connectivity index (χ0v) is 13.5. The van der Waals surface area contributed by atoms with E-state index in [1.807, 2.05) is 0 Å². The first-order valence-electron chi connectivity index (χ1n) is 7.53. The third kappa shape index (κ3) is 2.90. The molecule has 2 aromatic rings. The van der Waals surface area contributed by atoms with E-state index in [1.54, 1.807) is 11.3 Å². The topological polar surface area (TPSA) is 32.6 Å². The lowest BCUT2D eigenvalue weighted by molar-refractivity contribution is 0.297. The second kappa shape index (κ2) is 5.84. The van der Waals surface area contributed by atoms with Gasteiger partial charge in [0.2, 0.25) is 0 Å². The number of nitrogens with one attached hydrogen (secondary N) is 1. The summed E-state index contributed by atoms with van der Waals surface area (Å²) in [6.45, 7) is 11.1. The third-order valence-corrected chi connectivity index (χ3v) is 4.99. The Labute approximate surface area is 124 Å². The van der Waals surface area contributed by atoms with E-state index in [1.165, 1.54) is 36.5 Å². The summed E-state index contributed by atoms with van der Waals surface area (Å²) in [6.07, 6.45) is 4.93. The number of fused-ring (bicyclic) bond motifs is 1. The number of nitrogens with zero attached hydrogens (tertiary/aromatic N) is 3. The minimum Gasteiger partial charge on any atom is -0.307 e. The van der Waals surface area contributed by atoms with Gasteiger partial charge in [-0.15, -0.1) is 11.3 Å². The number of aromatic nitrogens is 2. The highest BCUT2D eigenvalue weighted by molar-refractivity contribution is 7.17. The average molecular weight is 292 g/mol. The van der Waals surface area contributed by atoms with Crippen LogP contribution in [0.1, 0.15) is 36.0 Å². The SMILES string of the molecule is Cc1cn2c(CNC(C)CN3CCCC3)c(C)nc2s1. The summed E-state index contributed by atoms with van der Waals surface area (Å²) < 4.78 is 2.24. The summed E-state index contributed by atoms with van der Waals surface area (Å²) in [6, 6.07) is 0.526. The van der Waals surface area contributed by atoms with E-state index < -0.39 is 0 Å². The van der Waals surface area contributed by atoms with Crippen LogP contribution in [-0.4, -0.2) is 40.0 Å². The molecule has 2 aromatic heterocycles. The highest BCUT2D eigenvalue weighted by Gasteiger charge is 2.16. The highest BCUT2D eigenvalue weighted by Crippen LogP contribution is 2.20. The Kier molecular flexibility index (Phi) is 4.10. The summed E-state index contributed by atoms with van der Waals surface area (Å²) in [5.74, 6) is 0. The molecular weight excluding hydrogens is 268 g/mol. The number of hydrogen-bond acceptors (Lipinski definition) is 4. The van der Waals surface area contributed by atoms with E-state index in [0.717, 1.165) is 23.7 Å². The van der Waals surface area contributed by atoms with Gasteiger partial charge < -0.3 is 10.2 Å². The van der Waals surface area contributed by atoms with E-state index in [4.69, 9.17) is 0 Å². The lowest BCUT2D eigenvalue weighted by Gasteiger charge is -2.21. The van der Waals surface area contributed by atoms with Crippen molar-refractivity contribution in [2.45, 2.75) is 46.2 Å². The summed E-state index contributed by atoms with van der Waals surface area (Å²) >= 11 is 1.76. The van der Waals surface area contributed by atoms with Crippen LogP contribution in [0.25, 0.3) is 4.96 Å². The maximum absolute atomic E-state index is 4.65. The Morgan fingerprint density at radius 2 is 2.10 bits per heavy atom.